The molecule has 26 heavy (non-hydrogen) atoms. The molecule has 0 saturated heterocycles. The minimum absolute atomic E-state index is 0.252. The Morgan fingerprint density at radius 1 is 1.38 bits per heavy atom. The van der Waals surface area contributed by atoms with E-state index < -0.39 is 0 Å². The molecule has 8 nitrogen and oxygen atoms in total. The van der Waals surface area contributed by atoms with Gasteiger partial charge >= 0.3 is 6.09 Å². The molecule has 0 unspecified atom stereocenters. The fraction of sp³-hybridized carbons (Fsp3) is 0.412. The second-order valence-electron chi connectivity index (χ2n) is 5.78. The summed E-state index contributed by atoms with van der Waals surface area (Å²) in [7, 11) is 1.57. The van der Waals surface area contributed by atoms with Gasteiger partial charge < -0.3 is 14.4 Å². The topological polar surface area (TPSA) is 82.4 Å². The zero-order valence-corrected chi connectivity index (χ0v) is 15.4. The highest BCUT2D eigenvalue weighted by molar-refractivity contribution is 6.31. The summed E-state index contributed by atoms with van der Waals surface area (Å²) in [6.45, 7) is 3.62. The van der Waals surface area contributed by atoms with Crippen molar-refractivity contribution < 1.29 is 14.3 Å². The molecule has 0 radical (unpaired) electrons. The lowest BCUT2D eigenvalue weighted by atomic mass is 10.0. The first-order valence-electron chi connectivity index (χ1n) is 8.25. The number of carbonyl (C=O) groups is 1. The Morgan fingerprint density at radius 2 is 2.23 bits per heavy atom. The van der Waals surface area contributed by atoms with Gasteiger partial charge in [0.05, 0.1) is 12.3 Å². The molecule has 0 bridgehead atoms. The fourth-order valence-corrected chi connectivity index (χ4v) is 2.94. The molecular formula is C17H20ClN5O3. The van der Waals surface area contributed by atoms with Crippen molar-refractivity contribution in [2.24, 2.45) is 0 Å². The molecule has 3 rings (SSSR count). The molecule has 9 heteroatoms. The van der Waals surface area contributed by atoms with Crippen LogP contribution < -0.4 is 0 Å². The minimum Gasteiger partial charge on any atom is -0.447 e. The Hall–Kier alpha value is -2.45. The lowest BCUT2D eigenvalue weighted by molar-refractivity contribution is 0.0741. The number of aromatic nitrogens is 4. The molecule has 0 aromatic carbocycles. The number of halogens is 1. The Bertz CT molecular complexity index is 820. The smallest absolute Gasteiger partial charge is 0.410 e. The number of pyridine rings is 1. The molecule has 0 aliphatic carbocycles. The number of hydrogen-bond acceptors (Lipinski definition) is 6. The monoisotopic (exact) mass is 377 g/mol. The summed E-state index contributed by atoms with van der Waals surface area (Å²) in [5.41, 5.74) is 3.42. The van der Waals surface area contributed by atoms with E-state index in [-0.39, 0.29) is 12.7 Å². The molecule has 0 atom stereocenters. The lowest BCUT2D eigenvalue weighted by Crippen LogP contribution is -2.35. The summed E-state index contributed by atoms with van der Waals surface area (Å²) in [5.74, 6) is 0. The Balaban J connectivity index is 1.72. The molecule has 1 amide bonds. The van der Waals surface area contributed by atoms with Crippen molar-refractivity contribution in [3.05, 3.63) is 40.9 Å². The van der Waals surface area contributed by atoms with Crippen LogP contribution >= 0.6 is 11.6 Å². The van der Waals surface area contributed by atoms with Crippen LogP contribution in [0.25, 0.3) is 11.3 Å². The number of nitrogens with zero attached hydrogens (tertiary/aromatic N) is 5. The summed E-state index contributed by atoms with van der Waals surface area (Å²) < 4.78 is 11.7. The number of carbonyl (C=O) groups excluding carboxylic acids is 1. The van der Waals surface area contributed by atoms with Gasteiger partial charge in [0.1, 0.15) is 18.0 Å². The van der Waals surface area contributed by atoms with Crippen LogP contribution in [-0.2, 0) is 9.47 Å². The number of ether oxygens (including phenoxy) is 2. The number of amides is 1. The van der Waals surface area contributed by atoms with Crippen molar-refractivity contribution >= 4 is 23.3 Å². The highest BCUT2D eigenvalue weighted by Gasteiger charge is 2.22. The predicted octanol–water partition coefficient (Wildman–Crippen LogP) is 2.50. The van der Waals surface area contributed by atoms with E-state index in [0.29, 0.717) is 37.0 Å². The van der Waals surface area contributed by atoms with Gasteiger partial charge in [-0.1, -0.05) is 22.9 Å². The van der Waals surface area contributed by atoms with Crippen LogP contribution in [0.4, 0.5) is 4.79 Å². The molecule has 0 saturated carbocycles. The molecule has 0 N–H and O–H groups in total. The molecule has 1 aliphatic heterocycles. The number of methoxy groups -OCH3 is 1. The number of rotatable bonds is 5. The van der Waals surface area contributed by atoms with Crippen LogP contribution in [-0.4, -0.2) is 64.4 Å². The standard InChI is InChI=1S/C17H20ClN5O3/c1-12-15(20-21-23(12)14-4-3-7-19-16(14)18)13-5-8-22(9-6-13)17(24)26-11-10-25-2/h3-5,7H,6,8-11H2,1-2H3. The normalized spacial score (nSPS) is 14.3. The maximum absolute atomic E-state index is 12.0. The van der Waals surface area contributed by atoms with Crippen molar-refractivity contribution in [1.82, 2.24) is 24.9 Å². The SMILES string of the molecule is COCCOC(=O)N1CC=C(c2nnn(-c3cccnc3Cl)c2C)CC1. The predicted molar refractivity (Wildman–Crippen MR) is 96.3 cm³/mol. The van der Waals surface area contributed by atoms with Gasteiger partial charge in [0.15, 0.2) is 5.15 Å². The van der Waals surface area contributed by atoms with Crippen molar-refractivity contribution in [3.8, 4) is 5.69 Å². The van der Waals surface area contributed by atoms with Crippen LogP contribution in [0.3, 0.4) is 0 Å². The maximum atomic E-state index is 12.0. The van der Waals surface area contributed by atoms with Crippen molar-refractivity contribution in [3.63, 3.8) is 0 Å². The van der Waals surface area contributed by atoms with E-state index in [2.05, 4.69) is 15.3 Å². The largest absolute Gasteiger partial charge is 0.447 e. The first kappa shape index (κ1) is 18.3. The van der Waals surface area contributed by atoms with Crippen LogP contribution in [0, 0.1) is 6.92 Å². The minimum atomic E-state index is -0.333. The van der Waals surface area contributed by atoms with Gasteiger partial charge in [-0.05, 0) is 31.1 Å². The van der Waals surface area contributed by atoms with Crippen LogP contribution in [0.1, 0.15) is 17.8 Å². The van der Waals surface area contributed by atoms with Crippen LogP contribution in [0.2, 0.25) is 5.15 Å². The quantitative estimate of drug-likeness (QED) is 0.588. The van der Waals surface area contributed by atoms with Gasteiger partial charge in [0.25, 0.3) is 0 Å². The van der Waals surface area contributed by atoms with Gasteiger partial charge in [0, 0.05) is 26.4 Å². The Kier molecular flexibility index (Phi) is 5.85. The van der Waals surface area contributed by atoms with Crippen molar-refractivity contribution in [2.45, 2.75) is 13.3 Å². The molecule has 2 aromatic rings. The van der Waals surface area contributed by atoms with Crippen molar-refractivity contribution in [1.29, 1.82) is 0 Å². The highest BCUT2D eigenvalue weighted by Crippen LogP contribution is 2.26. The van der Waals surface area contributed by atoms with Gasteiger partial charge in [0.2, 0.25) is 0 Å². The second kappa shape index (κ2) is 8.29. The lowest BCUT2D eigenvalue weighted by Gasteiger charge is -2.25. The molecule has 3 heterocycles. The summed E-state index contributed by atoms with van der Waals surface area (Å²) in [4.78, 5) is 17.7. The zero-order chi connectivity index (χ0) is 18.5. The summed E-state index contributed by atoms with van der Waals surface area (Å²) in [5, 5.41) is 8.87. The molecular weight excluding hydrogens is 358 g/mol. The van der Waals surface area contributed by atoms with E-state index >= 15 is 0 Å². The molecule has 1 aliphatic rings. The molecule has 2 aromatic heterocycles. The van der Waals surface area contributed by atoms with Gasteiger partial charge in [-0.2, -0.15) is 0 Å². The second-order valence-corrected chi connectivity index (χ2v) is 6.14. The third kappa shape index (κ3) is 3.86. The van der Waals surface area contributed by atoms with E-state index in [4.69, 9.17) is 21.1 Å². The average Bonchev–Trinajstić information content (AvgIpc) is 3.03. The molecule has 0 fully saturated rings. The third-order valence-electron chi connectivity index (χ3n) is 4.15. The van der Waals surface area contributed by atoms with Crippen LogP contribution in [0.5, 0.6) is 0 Å². The Morgan fingerprint density at radius 3 is 2.92 bits per heavy atom. The molecule has 0 spiro atoms. The van der Waals surface area contributed by atoms with E-state index in [9.17, 15) is 4.79 Å². The van der Waals surface area contributed by atoms with E-state index in [1.165, 1.54) is 0 Å². The van der Waals surface area contributed by atoms with E-state index in [0.717, 1.165) is 17.0 Å². The Labute approximate surface area is 156 Å². The highest BCUT2D eigenvalue weighted by atomic mass is 35.5. The van der Waals surface area contributed by atoms with E-state index in [1.54, 1.807) is 29.0 Å². The number of hydrogen-bond donors (Lipinski definition) is 0. The fourth-order valence-electron chi connectivity index (χ4n) is 2.74. The first-order valence-corrected chi connectivity index (χ1v) is 8.63. The first-order chi connectivity index (χ1) is 12.6. The van der Waals surface area contributed by atoms with Crippen molar-refractivity contribution in [2.75, 3.05) is 33.4 Å². The third-order valence-corrected chi connectivity index (χ3v) is 4.44. The summed E-state index contributed by atoms with van der Waals surface area (Å²) in [6, 6.07) is 3.64. The van der Waals surface area contributed by atoms with E-state index in [1.807, 2.05) is 19.1 Å². The van der Waals surface area contributed by atoms with Gasteiger partial charge in [-0.15, -0.1) is 5.10 Å². The average molecular weight is 378 g/mol. The summed E-state index contributed by atoms with van der Waals surface area (Å²) >= 11 is 6.15. The van der Waals surface area contributed by atoms with Gasteiger partial charge in [-0.25, -0.2) is 14.5 Å². The maximum Gasteiger partial charge on any atom is 0.410 e. The van der Waals surface area contributed by atoms with Gasteiger partial charge in [-0.3, -0.25) is 0 Å². The van der Waals surface area contributed by atoms with Crippen LogP contribution in [0.15, 0.2) is 24.4 Å². The zero-order valence-electron chi connectivity index (χ0n) is 14.7. The summed E-state index contributed by atoms with van der Waals surface area (Å²) in [6.07, 6.45) is 3.95. The molecule has 138 valence electrons.